The second kappa shape index (κ2) is 5.02. The third-order valence-electron chi connectivity index (χ3n) is 2.68. The molecule has 1 aromatic heterocycles. The SMILES string of the molecule is Cc1cn(-c2cc(N)cc(CCS(N)(=O)=O)c2)cn1. The second-order valence-electron chi connectivity index (χ2n) is 4.47. The maximum Gasteiger partial charge on any atom is 0.209 e. The summed E-state index contributed by atoms with van der Waals surface area (Å²) in [7, 11) is -3.47. The van der Waals surface area contributed by atoms with Crippen LogP contribution in [0, 0.1) is 6.92 Å². The second-order valence-corrected chi connectivity index (χ2v) is 6.21. The van der Waals surface area contributed by atoms with E-state index in [0.717, 1.165) is 16.9 Å². The third-order valence-corrected chi connectivity index (χ3v) is 3.46. The molecule has 2 aromatic rings. The van der Waals surface area contributed by atoms with Crippen molar-refractivity contribution in [3.05, 3.63) is 42.0 Å². The summed E-state index contributed by atoms with van der Waals surface area (Å²) in [4.78, 5) is 4.14. The quantitative estimate of drug-likeness (QED) is 0.800. The van der Waals surface area contributed by atoms with Crippen molar-refractivity contribution in [2.24, 2.45) is 5.14 Å². The van der Waals surface area contributed by atoms with Crippen molar-refractivity contribution in [1.82, 2.24) is 9.55 Å². The predicted octanol–water partition coefficient (Wildman–Crippen LogP) is 0.594. The zero-order valence-corrected chi connectivity index (χ0v) is 11.4. The van der Waals surface area contributed by atoms with Crippen LogP contribution in [0.4, 0.5) is 5.69 Å². The first-order valence-corrected chi connectivity index (χ1v) is 7.46. The predicted molar refractivity (Wildman–Crippen MR) is 74.4 cm³/mol. The van der Waals surface area contributed by atoms with Crippen LogP contribution in [0.3, 0.4) is 0 Å². The smallest absolute Gasteiger partial charge is 0.209 e. The van der Waals surface area contributed by atoms with Gasteiger partial charge in [0.25, 0.3) is 0 Å². The fraction of sp³-hybridized carbons (Fsp3) is 0.250. The van der Waals surface area contributed by atoms with Crippen molar-refractivity contribution in [3.8, 4) is 5.69 Å². The van der Waals surface area contributed by atoms with E-state index < -0.39 is 10.0 Å². The number of aromatic nitrogens is 2. The Hall–Kier alpha value is -1.86. The molecule has 0 fully saturated rings. The van der Waals surface area contributed by atoms with E-state index in [1.54, 1.807) is 12.4 Å². The first-order chi connectivity index (χ1) is 8.83. The molecular formula is C12H16N4O2S. The van der Waals surface area contributed by atoms with Crippen LogP contribution in [0.1, 0.15) is 11.3 Å². The lowest BCUT2D eigenvalue weighted by atomic mass is 10.1. The molecule has 0 radical (unpaired) electrons. The van der Waals surface area contributed by atoms with E-state index in [4.69, 9.17) is 10.9 Å². The Kier molecular flexibility index (Phi) is 3.59. The average Bonchev–Trinajstić information content (AvgIpc) is 2.72. The van der Waals surface area contributed by atoms with Gasteiger partial charge in [0.05, 0.1) is 17.8 Å². The van der Waals surface area contributed by atoms with Gasteiger partial charge >= 0.3 is 0 Å². The maximum absolute atomic E-state index is 11.0. The van der Waals surface area contributed by atoms with Crippen LogP contribution in [0.5, 0.6) is 0 Å². The van der Waals surface area contributed by atoms with Crippen molar-refractivity contribution < 1.29 is 8.42 Å². The standard InChI is InChI=1S/C12H16N4O2S/c1-9-7-16(8-15-9)12-5-10(4-11(13)6-12)2-3-19(14,17)18/h4-8H,2-3,13H2,1H3,(H2,14,17,18). The molecule has 2 rings (SSSR count). The Morgan fingerprint density at radius 3 is 2.63 bits per heavy atom. The molecule has 0 amide bonds. The van der Waals surface area contributed by atoms with Gasteiger partial charge in [-0.1, -0.05) is 0 Å². The molecule has 1 aromatic carbocycles. The van der Waals surface area contributed by atoms with Crippen LogP contribution in [-0.4, -0.2) is 23.7 Å². The summed E-state index contributed by atoms with van der Waals surface area (Å²) in [5, 5.41) is 5.00. The Morgan fingerprint density at radius 1 is 1.32 bits per heavy atom. The van der Waals surface area contributed by atoms with E-state index in [1.165, 1.54) is 0 Å². The average molecular weight is 280 g/mol. The third kappa shape index (κ3) is 3.80. The Morgan fingerprint density at radius 2 is 2.05 bits per heavy atom. The molecule has 102 valence electrons. The van der Waals surface area contributed by atoms with Gasteiger partial charge in [0, 0.05) is 17.6 Å². The molecule has 6 nitrogen and oxygen atoms in total. The number of rotatable bonds is 4. The van der Waals surface area contributed by atoms with E-state index in [0.29, 0.717) is 12.1 Å². The maximum atomic E-state index is 11.0. The van der Waals surface area contributed by atoms with Gasteiger partial charge in [-0.15, -0.1) is 0 Å². The van der Waals surface area contributed by atoms with E-state index in [-0.39, 0.29) is 5.75 Å². The molecular weight excluding hydrogens is 264 g/mol. The highest BCUT2D eigenvalue weighted by Gasteiger charge is 2.06. The van der Waals surface area contributed by atoms with Crippen molar-refractivity contribution in [2.45, 2.75) is 13.3 Å². The number of sulfonamides is 1. The molecule has 0 aliphatic heterocycles. The summed E-state index contributed by atoms with van der Waals surface area (Å²) in [5.74, 6) is -0.0984. The largest absolute Gasteiger partial charge is 0.399 e. The fourth-order valence-electron chi connectivity index (χ4n) is 1.82. The first-order valence-electron chi connectivity index (χ1n) is 5.74. The highest BCUT2D eigenvalue weighted by Crippen LogP contribution is 2.17. The fourth-order valence-corrected chi connectivity index (χ4v) is 2.34. The number of anilines is 1. The molecule has 4 N–H and O–H groups in total. The molecule has 1 heterocycles. The molecule has 0 spiro atoms. The van der Waals surface area contributed by atoms with Crippen LogP contribution in [-0.2, 0) is 16.4 Å². The molecule has 0 bridgehead atoms. The van der Waals surface area contributed by atoms with Gasteiger partial charge in [-0.2, -0.15) is 0 Å². The van der Waals surface area contributed by atoms with Crippen LogP contribution >= 0.6 is 0 Å². The summed E-state index contributed by atoms with van der Waals surface area (Å²) in [5.41, 5.74) is 8.98. The Labute approximate surface area is 112 Å². The summed E-state index contributed by atoms with van der Waals surface area (Å²) in [6, 6.07) is 5.43. The highest BCUT2D eigenvalue weighted by atomic mass is 32.2. The molecule has 0 unspecified atom stereocenters. The summed E-state index contributed by atoms with van der Waals surface area (Å²) < 4.78 is 23.8. The van der Waals surface area contributed by atoms with Gasteiger partial charge in [-0.3, -0.25) is 0 Å². The summed E-state index contributed by atoms with van der Waals surface area (Å²) >= 11 is 0. The number of hydrogen-bond donors (Lipinski definition) is 2. The lowest BCUT2D eigenvalue weighted by molar-refractivity contribution is 0.597. The summed E-state index contributed by atoms with van der Waals surface area (Å²) in [6.45, 7) is 1.89. The monoisotopic (exact) mass is 280 g/mol. The molecule has 7 heteroatoms. The van der Waals surface area contributed by atoms with E-state index in [2.05, 4.69) is 4.98 Å². The van der Waals surface area contributed by atoms with Crippen LogP contribution in [0.15, 0.2) is 30.7 Å². The molecule has 0 saturated heterocycles. The number of benzene rings is 1. The number of imidazole rings is 1. The topological polar surface area (TPSA) is 104 Å². The Balaban J connectivity index is 2.29. The first kappa shape index (κ1) is 13.6. The molecule has 0 aliphatic carbocycles. The van der Waals surface area contributed by atoms with Gasteiger partial charge in [0.1, 0.15) is 0 Å². The zero-order chi connectivity index (χ0) is 14.0. The van der Waals surface area contributed by atoms with Gasteiger partial charge in [-0.25, -0.2) is 18.5 Å². The highest BCUT2D eigenvalue weighted by molar-refractivity contribution is 7.89. The van der Waals surface area contributed by atoms with Gasteiger partial charge in [-0.05, 0) is 37.1 Å². The number of nitrogen functional groups attached to an aromatic ring is 1. The molecule has 19 heavy (non-hydrogen) atoms. The Bertz CT molecular complexity index is 692. The van der Waals surface area contributed by atoms with Crippen molar-refractivity contribution in [2.75, 3.05) is 11.5 Å². The number of hydrogen-bond acceptors (Lipinski definition) is 4. The van der Waals surface area contributed by atoms with Crippen molar-refractivity contribution >= 4 is 15.7 Å². The van der Waals surface area contributed by atoms with E-state index in [1.807, 2.05) is 29.8 Å². The molecule has 0 atom stereocenters. The van der Waals surface area contributed by atoms with E-state index in [9.17, 15) is 8.42 Å². The van der Waals surface area contributed by atoms with Gasteiger partial charge in [0.2, 0.25) is 10.0 Å². The minimum atomic E-state index is -3.47. The number of nitrogens with zero attached hydrogens (tertiary/aromatic N) is 2. The molecule has 0 aliphatic rings. The van der Waals surface area contributed by atoms with Gasteiger partial charge < -0.3 is 10.3 Å². The zero-order valence-electron chi connectivity index (χ0n) is 10.6. The van der Waals surface area contributed by atoms with Crippen LogP contribution < -0.4 is 10.9 Å². The van der Waals surface area contributed by atoms with Gasteiger partial charge in [0.15, 0.2) is 0 Å². The minimum Gasteiger partial charge on any atom is -0.399 e. The van der Waals surface area contributed by atoms with Crippen molar-refractivity contribution in [1.29, 1.82) is 0 Å². The lowest BCUT2D eigenvalue weighted by Gasteiger charge is -2.08. The summed E-state index contributed by atoms with van der Waals surface area (Å²) in [6.07, 6.45) is 3.90. The minimum absolute atomic E-state index is 0.0984. The number of nitrogens with two attached hydrogens (primary N) is 2. The van der Waals surface area contributed by atoms with Crippen LogP contribution in [0.25, 0.3) is 5.69 Å². The van der Waals surface area contributed by atoms with E-state index >= 15 is 0 Å². The molecule has 0 saturated carbocycles. The number of primary sulfonamides is 1. The normalized spacial score (nSPS) is 11.7. The van der Waals surface area contributed by atoms with Crippen molar-refractivity contribution in [3.63, 3.8) is 0 Å². The lowest BCUT2D eigenvalue weighted by Crippen LogP contribution is -2.18. The van der Waals surface area contributed by atoms with Crippen LogP contribution in [0.2, 0.25) is 0 Å². The number of aryl methyl sites for hydroxylation is 2.